The molecule has 0 saturated carbocycles. The van der Waals surface area contributed by atoms with Crippen molar-refractivity contribution in [2.45, 2.75) is 52.3 Å². The number of fused-ring (bicyclic) bond motifs is 1. The summed E-state index contributed by atoms with van der Waals surface area (Å²) in [5, 5.41) is 10.4. The van der Waals surface area contributed by atoms with Gasteiger partial charge < -0.3 is 15.2 Å². The number of nitrogens with one attached hydrogen (secondary N) is 1. The van der Waals surface area contributed by atoms with Gasteiger partial charge in [0.05, 0.1) is 5.60 Å². The zero-order valence-corrected chi connectivity index (χ0v) is 13.2. The third kappa shape index (κ3) is 7.98. The molecule has 1 heterocycles. The minimum absolute atomic E-state index is 0.0417. The third-order valence-corrected chi connectivity index (χ3v) is 2.90. The first kappa shape index (κ1) is 18.1. The third-order valence-electron chi connectivity index (χ3n) is 2.90. The van der Waals surface area contributed by atoms with E-state index in [1.165, 1.54) is 17.5 Å². The number of hydrogen-bond acceptors (Lipinski definition) is 3. The van der Waals surface area contributed by atoms with E-state index in [4.69, 9.17) is 9.84 Å². The summed E-state index contributed by atoms with van der Waals surface area (Å²) in [6, 6.07) is 9.30. The summed E-state index contributed by atoms with van der Waals surface area (Å²) in [7, 11) is 2.71. The highest BCUT2D eigenvalue weighted by Gasteiger charge is 2.12. The molecule has 1 aliphatic heterocycles. The van der Waals surface area contributed by atoms with E-state index in [-0.39, 0.29) is 5.60 Å². The predicted molar refractivity (Wildman–Crippen MR) is 81.4 cm³/mol. The fourth-order valence-electron chi connectivity index (χ4n) is 1.62. The van der Waals surface area contributed by atoms with E-state index in [9.17, 15) is 0 Å². The number of ether oxygens (including phenoxy) is 1. The van der Waals surface area contributed by atoms with Gasteiger partial charge in [-0.2, -0.15) is 0 Å². The van der Waals surface area contributed by atoms with E-state index in [2.05, 4.69) is 36.5 Å². The lowest BCUT2D eigenvalue weighted by Crippen LogP contribution is -2.32. The molecule has 0 radical (unpaired) electrons. The highest BCUT2D eigenvalue weighted by molar-refractivity contribution is 5.29. The number of aliphatic hydroxyl groups is 1. The van der Waals surface area contributed by atoms with E-state index in [0.717, 1.165) is 13.7 Å². The van der Waals surface area contributed by atoms with Crippen LogP contribution in [0.4, 0.5) is 0 Å². The van der Waals surface area contributed by atoms with Gasteiger partial charge in [0.25, 0.3) is 0 Å². The summed E-state index contributed by atoms with van der Waals surface area (Å²) in [6.45, 7) is 9.33. The van der Waals surface area contributed by atoms with Gasteiger partial charge in [-0.25, -0.2) is 0 Å². The van der Waals surface area contributed by atoms with Crippen LogP contribution in [-0.4, -0.2) is 31.0 Å². The number of benzene rings is 1. The number of rotatable bonds is 0. The first-order valence-electron chi connectivity index (χ1n) is 6.72. The quantitative estimate of drug-likeness (QED) is 0.759. The summed E-state index contributed by atoms with van der Waals surface area (Å²) in [4.78, 5) is 0. The van der Waals surface area contributed by atoms with Crippen molar-refractivity contribution in [3.8, 4) is 0 Å². The second-order valence-electron chi connectivity index (χ2n) is 5.57. The Hall–Kier alpha value is -0.900. The molecule has 0 amide bonds. The molecule has 3 heteroatoms. The van der Waals surface area contributed by atoms with Gasteiger partial charge >= 0.3 is 0 Å². The molecule has 0 aromatic heterocycles. The Balaban J connectivity index is 0.000000350. The van der Waals surface area contributed by atoms with Crippen molar-refractivity contribution in [2.24, 2.45) is 0 Å². The number of methoxy groups -OCH3 is 1. The van der Waals surface area contributed by atoms with E-state index < -0.39 is 0 Å². The minimum Gasteiger partial charge on any atom is -0.400 e. The molecule has 19 heavy (non-hydrogen) atoms. The van der Waals surface area contributed by atoms with Crippen LogP contribution < -0.4 is 5.32 Å². The molecule has 0 saturated heterocycles. The van der Waals surface area contributed by atoms with Crippen LogP contribution >= 0.6 is 0 Å². The molecule has 3 nitrogen and oxygen atoms in total. The van der Waals surface area contributed by atoms with Crippen molar-refractivity contribution < 1.29 is 9.84 Å². The van der Waals surface area contributed by atoms with Gasteiger partial charge in [0.2, 0.25) is 0 Å². The van der Waals surface area contributed by atoms with Crippen molar-refractivity contribution in [3.63, 3.8) is 0 Å². The zero-order valence-electron chi connectivity index (χ0n) is 13.2. The summed E-state index contributed by atoms with van der Waals surface area (Å²) < 4.78 is 4.94. The Bertz CT molecular complexity index is 345. The van der Waals surface area contributed by atoms with Gasteiger partial charge in [0, 0.05) is 26.8 Å². The second-order valence-corrected chi connectivity index (χ2v) is 5.57. The summed E-state index contributed by atoms with van der Waals surface area (Å²) in [6.07, 6.45) is 1.18. The van der Waals surface area contributed by atoms with E-state index >= 15 is 0 Å². The molecule has 0 spiro atoms. The monoisotopic (exact) mass is 267 g/mol. The van der Waals surface area contributed by atoms with Gasteiger partial charge in [-0.05, 0) is 45.2 Å². The molecule has 1 aromatic carbocycles. The van der Waals surface area contributed by atoms with Crippen LogP contribution in [0.3, 0.4) is 0 Å². The molecule has 0 fully saturated rings. The fourth-order valence-corrected chi connectivity index (χ4v) is 1.62. The van der Waals surface area contributed by atoms with E-state index in [1.807, 2.05) is 20.8 Å². The Labute approximate surface area is 118 Å². The van der Waals surface area contributed by atoms with Crippen LogP contribution in [0, 0.1) is 0 Å². The van der Waals surface area contributed by atoms with Crippen molar-refractivity contribution >= 4 is 0 Å². The summed E-state index contributed by atoms with van der Waals surface area (Å²) >= 11 is 0. The predicted octanol–water partition coefficient (Wildman–Crippen LogP) is 2.76. The smallest absolute Gasteiger partial charge is 0.0594 e. The maximum absolute atomic E-state index is 7.00. The Kier molecular flexibility index (Phi) is 8.65. The van der Waals surface area contributed by atoms with Gasteiger partial charge in [0.1, 0.15) is 0 Å². The standard InChI is InChI=1S/C10H13N.C5H12O.CH4O/c1-8-6-9-4-2-3-5-10(9)7-11-8;1-5(2,3)6-4;1-2/h2-5,8,11H,6-7H2,1H3;1-4H3;2H,1H3/t8-;;/m1../s1. The van der Waals surface area contributed by atoms with Crippen LogP contribution in [0.1, 0.15) is 38.8 Å². The van der Waals surface area contributed by atoms with Crippen LogP contribution in [0.2, 0.25) is 0 Å². The van der Waals surface area contributed by atoms with Crippen molar-refractivity contribution in [1.82, 2.24) is 5.32 Å². The maximum Gasteiger partial charge on any atom is 0.0594 e. The largest absolute Gasteiger partial charge is 0.400 e. The van der Waals surface area contributed by atoms with Gasteiger partial charge in [0.15, 0.2) is 0 Å². The van der Waals surface area contributed by atoms with Crippen LogP contribution in [0.15, 0.2) is 24.3 Å². The first-order valence-corrected chi connectivity index (χ1v) is 6.72. The van der Waals surface area contributed by atoms with Gasteiger partial charge in [-0.15, -0.1) is 0 Å². The minimum atomic E-state index is 0.0417. The highest BCUT2D eigenvalue weighted by Crippen LogP contribution is 2.15. The first-order chi connectivity index (χ1) is 8.92. The van der Waals surface area contributed by atoms with Gasteiger partial charge in [-0.1, -0.05) is 24.3 Å². The lowest BCUT2D eigenvalue weighted by molar-refractivity contribution is 0.0397. The highest BCUT2D eigenvalue weighted by atomic mass is 16.5. The molecule has 1 aliphatic rings. The molecule has 0 bridgehead atoms. The lowest BCUT2D eigenvalue weighted by atomic mass is 9.97. The molecule has 2 rings (SSSR count). The molecule has 1 aromatic rings. The summed E-state index contributed by atoms with van der Waals surface area (Å²) in [5.41, 5.74) is 3.02. The Morgan fingerprint density at radius 1 is 1.16 bits per heavy atom. The Morgan fingerprint density at radius 3 is 2.11 bits per heavy atom. The topological polar surface area (TPSA) is 41.5 Å². The normalized spacial score (nSPS) is 17.3. The van der Waals surface area contributed by atoms with E-state index in [0.29, 0.717) is 6.04 Å². The average molecular weight is 267 g/mol. The maximum atomic E-state index is 7.00. The molecular formula is C16H29NO2. The molecule has 110 valence electrons. The van der Waals surface area contributed by atoms with Crippen LogP contribution in [0.5, 0.6) is 0 Å². The van der Waals surface area contributed by atoms with Crippen molar-refractivity contribution in [1.29, 1.82) is 0 Å². The molecule has 0 aliphatic carbocycles. The molecule has 1 atom stereocenters. The fraction of sp³-hybridized carbons (Fsp3) is 0.625. The second kappa shape index (κ2) is 9.08. The van der Waals surface area contributed by atoms with E-state index in [1.54, 1.807) is 7.11 Å². The number of hydrogen-bond donors (Lipinski definition) is 2. The van der Waals surface area contributed by atoms with Crippen molar-refractivity contribution in [3.05, 3.63) is 35.4 Å². The molecular weight excluding hydrogens is 238 g/mol. The zero-order chi connectivity index (χ0) is 14.9. The van der Waals surface area contributed by atoms with Crippen molar-refractivity contribution in [2.75, 3.05) is 14.2 Å². The molecule has 0 unspecified atom stereocenters. The SMILES string of the molecule is CO.COC(C)(C)C.C[C@@H]1Cc2ccccc2CN1. The number of aliphatic hydroxyl groups excluding tert-OH is 1. The summed E-state index contributed by atoms with van der Waals surface area (Å²) in [5.74, 6) is 0. The molecule has 2 N–H and O–H groups in total. The average Bonchev–Trinajstić information content (AvgIpc) is 2.41. The lowest BCUT2D eigenvalue weighted by Gasteiger charge is -2.22. The van der Waals surface area contributed by atoms with Crippen LogP contribution in [0.25, 0.3) is 0 Å². The Morgan fingerprint density at radius 2 is 1.63 bits per heavy atom. The van der Waals surface area contributed by atoms with Gasteiger partial charge in [-0.3, -0.25) is 0 Å². The van der Waals surface area contributed by atoms with Crippen LogP contribution in [-0.2, 0) is 17.7 Å².